The number of nitrogens with zero attached hydrogens (tertiary/aromatic N) is 1. The molecule has 3 aromatic carbocycles. The summed E-state index contributed by atoms with van der Waals surface area (Å²) in [6.07, 6.45) is 1.04. The fraction of sp³-hybridized carbons (Fsp3) is 0.192. The van der Waals surface area contributed by atoms with Crippen molar-refractivity contribution in [3.05, 3.63) is 89.5 Å². The van der Waals surface area contributed by atoms with Crippen molar-refractivity contribution in [2.75, 3.05) is 6.61 Å². The maximum atomic E-state index is 12.6. The molecule has 156 valence electrons. The van der Waals surface area contributed by atoms with E-state index in [1.54, 1.807) is 30.3 Å². The molecule has 0 unspecified atom stereocenters. The van der Waals surface area contributed by atoms with Crippen LogP contribution in [0.15, 0.2) is 77.3 Å². The molecule has 0 fully saturated rings. The van der Waals surface area contributed by atoms with Gasteiger partial charge >= 0.3 is 5.97 Å². The summed E-state index contributed by atoms with van der Waals surface area (Å²) in [6, 6.07) is 22.0. The molecular formula is C26H23NO4. The maximum absolute atomic E-state index is 12.6. The van der Waals surface area contributed by atoms with E-state index in [1.807, 2.05) is 42.5 Å². The molecule has 0 bridgehead atoms. The van der Waals surface area contributed by atoms with E-state index in [9.17, 15) is 9.59 Å². The van der Waals surface area contributed by atoms with E-state index in [0.29, 0.717) is 33.7 Å². The topological polar surface area (TPSA) is 69.4 Å². The molecule has 0 aliphatic rings. The number of fused-ring (bicyclic) bond motifs is 1. The van der Waals surface area contributed by atoms with Gasteiger partial charge in [-0.3, -0.25) is 4.79 Å². The molecule has 5 nitrogen and oxygen atoms in total. The van der Waals surface area contributed by atoms with E-state index >= 15 is 0 Å². The Balaban J connectivity index is 1.46. The monoisotopic (exact) mass is 413 g/mol. The van der Waals surface area contributed by atoms with Crippen molar-refractivity contribution in [3.8, 4) is 11.3 Å². The molecule has 4 aromatic rings. The number of benzene rings is 3. The van der Waals surface area contributed by atoms with Crippen molar-refractivity contribution < 1.29 is 18.8 Å². The molecular weight excluding hydrogens is 390 g/mol. The van der Waals surface area contributed by atoms with E-state index in [4.69, 9.17) is 9.26 Å². The molecule has 0 aliphatic carbocycles. The lowest BCUT2D eigenvalue weighted by atomic mass is 9.97. The highest BCUT2D eigenvalue weighted by Crippen LogP contribution is 2.29. The molecule has 0 saturated carbocycles. The van der Waals surface area contributed by atoms with Crippen LogP contribution in [-0.4, -0.2) is 23.5 Å². The lowest BCUT2D eigenvalue weighted by Crippen LogP contribution is -2.14. The third-order valence-electron chi connectivity index (χ3n) is 5.50. The van der Waals surface area contributed by atoms with Crippen LogP contribution in [0.5, 0.6) is 0 Å². The second kappa shape index (κ2) is 8.96. The van der Waals surface area contributed by atoms with Gasteiger partial charge in [-0.2, -0.15) is 0 Å². The summed E-state index contributed by atoms with van der Waals surface area (Å²) in [6.45, 7) is 3.96. The normalized spacial score (nSPS) is 11.9. The van der Waals surface area contributed by atoms with Crippen LogP contribution in [0.3, 0.4) is 0 Å². The number of carbonyl (C=O) groups excluding carboxylic acids is 2. The Kier molecular flexibility index (Phi) is 5.94. The summed E-state index contributed by atoms with van der Waals surface area (Å²) in [5, 5.41) is 4.77. The SMILES string of the molecule is CC[C@H](C)c1ccc(C(=O)COC(=O)c2ccc3noc(-c4ccccc4)c3c2)cc1. The van der Waals surface area contributed by atoms with Crippen molar-refractivity contribution in [1.29, 1.82) is 0 Å². The van der Waals surface area contributed by atoms with Crippen LogP contribution in [-0.2, 0) is 4.74 Å². The highest BCUT2D eigenvalue weighted by atomic mass is 16.5. The summed E-state index contributed by atoms with van der Waals surface area (Å²) in [4.78, 5) is 25.0. The third-order valence-corrected chi connectivity index (χ3v) is 5.50. The first kappa shape index (κ1) is 20.5. The molecule has 0 spiro atoms. The number of hydrogen-bond acceptors (Lipinski definition) is 5. The van der Waals surface area contributed by atoms with Gasteiger partial charge in [0, 0.05) is 11.1 Å². The summed E-state index contributed by atoms with van der Waals surface area (Å²) in [7, 11) is 0. The molecule has 1 atom stereocenters. The van der Waals surface area contributed by atoms with Gasteiger partial charge in [-0.25, -0.2) is 4.79 Å². The lowest BCUT2D eigenvalue weighted by Gasteiger charge is -2.09. The Bertz CT molecular complexity index is 1210. The number of esters is 1. The van der Waals surface area contributed by atoms with Crippen molar-refractivity contribution in [2.24, 2.45) is 0 Å². The molecule has 1 heterocycles. The maximum Gasteiger partial charge on any atom is 0.338 e. The van der Waals surface area contributed by atoms with Crippen molar-refractivity contribution in [3.63, 3.8) is 0 Å². The number of rotatable bonds is 7. The van der Waals surface area contributed by atoms with Gasteiger partial charge in [-0.05, 0) is 36.1 Å². The van der Waals surface area contributed by atoms with Crippen molar-refractivity contribution >= 4 is 22.7 Å². The lowest BCUT2D eigenvalue weighted by molar-refractivity contribution is 0.0475. The highest BCUT2D eigenvalue weighted by Gasteiger charge is 2.16. The van der Waals surface area contributed by atoms with Crippen LogP contribution in [0.2, 0.25) is 0 Å². The van der Waals surface area contributed by atoms with Crippen molar-refractivity contribution in [2.45, 2.75) is 26.2 Å². The molecule has 1 aromatic heterocycles. The van der Waals surface area contributed by atoms with Gasteiger partial charge < -0.3 is 9.26 Å². The zero-order valence-electron chi connectivity index (χ0n) is 17.5. The van der Waals surface area contributed by atoms with Crippen LogP contribution in [0, 0.1) is 0 Å². The Morgan fingerprint density at radius 3 is 2.39 bits per heavy atom. The first-order chi connectivity index (χ1) is 15.1. The zero-order valence-corrected chi connectivity index (χ0v) is 17.5. The molecule has 31 heavy (non-hydrogen) atoms. The predicted molar refractivity (Wildman–Crippen MR) is 119 cm³/mol. The highest BCUT2D eigenvalue weighted by molar-refractivity contribution is 6.01. The predicted octanol–water partition coefficient (Wildman–Crippen LogP) is 6.05. The summed E-state index contributed by atoms with van der Waals surface area (Å²) in [5.41, 5.74) is 3.57. The number of Topliss-reactive ketones (excluding diaryl/α,β-unsaturated/α-hetero) is 1. The van der Waals surface area contributed by atoms with Gasteiger partial charge in [-0.15, -0.1) is 0 Å². The number of hydrogen-bond donors (Lipinski definition) is 0. The Hall–Kier alpha value is -3.73. The van der Waals surface area contributed by atoms with Crippen LogP contribution < -0.4 is 0 Å². The average molecular weight is 413 g/mol. The quantitative estimate of drug-likeness (QED) is 0.273. The van der Waals surface area contributed by atoms with Crippen molar-refractivity contribution in [1.82, 2.24) is 5.16 Å². The second-order valence-electron chi connectivity index (χ2n) is 7.54. The van der Waals surface area contributed by atoms with Crippen LogP contribution >= 0.6 is 0 Å². The third kappa shape index (κ3) is 4.40. The Morgan fingerprint density at radius 1 is 0.968 bits per heavy atom. The molecule has 0 radical (unpaired) electrons. The van der Waals surface area contributed by atoms with Gasteiger partial charge in [0.05, 0.1) is 10.9 Å². The van der Waals surface area contributed by atoms with Gasteiger partial charge in [-0.1, -0.05) is 73.6 Å². The first-order valence-electron chi connectivity index (χ1n) is 10.3. The minimum Gasteiger partial charge on any atom is -0.454 e. The van der Waals surface area contributed by atoms with Gasteiger partial charge in [0.1, 0.15) is 5.52 Å². The van der Waals surface area contributed by atoms with E-state index in [2.05, 4.69) is 19.0 Å². The minimum atomic E-state index is -0.563. The summed E-state index contributed by atoms with van der Waals surface area (Å²) in [5.74, 6) is 0.226. The number of carbonyl (C=O) groups is 2. The smallest absolute Gasteiger partial charge is 0.338 e. The van der Waals surface area contributed by atoms with Crippen LogP contribution in [0.4, 0.5) is 0 Å². The molecule has 4 rings (SSSR count). The molecule has 0 saturated heterocycles. The van der Waals surface area contributed by atoms with Gasteiger partial charge in [0.15, 0.2) is 18.2 Å². The van der Waals surface area contributed by atoms with E-state index < -0.39 is 5.97 Å². The number of ether oxygens (including phenoxy) is 1. The van der Waals surface area contributed by atoms with Crippen LogP contribution in [0.1, 0.15) is 52.5 Å². The van der Waals surface area contributed by atoms with E-state index in [0.717, 1.165) is 12.0 Å². The first-order valence-corrected chi connectivity index (χ1v) is 10.3. The van der Waals surface area contributed by atoms with Gasteiger partial charge in [0.25, 0.3) is 0 Å². The molecule has 0 N–H and O–H groups in total. The van der Waals surface area contributed by atoms with E-state index in [1.165, 1.54) is 5.56 Å². The average Bonchev–Trinajstić information content (AvgIpc) is 3.25. The Labute approximate surface area is 180 Å². The number of ketones is 1. The van der Waals surface area contributed by atoms with E-state index in [-0.39, 0.29) is 12.4 Å². The van der Waals surface area contributed by atoms with Crippen LogP contribution in [0.25, 0.3) is 22.2 Å². The summed E-state index contributed by atoms with van der Waals surface area (Å²) < 4.78 is 10.7. The molecule has 0 aliphatic heterocycles. The largest absolute Gasteiger partial charge is 0.454 e. The summed E-state index contributed by atoms with van der Waals surface area (Å²) >= 11 is 0. The Morgan fingerprint density at radius 2 is 1.68 bits per heavy atom. The number of aromatic nitrogens is 1. The fourth-order valence-corrected chi connectivity index (χ4v) is 3.40. The standard InChI is InChI=1S/C26H23NO4/c1-3-17(2)18-9-11-19(12-10-18)24(28)16-30-26(29)21-13-14-23-22(15-21)25(31-27-23)20-7-5-4-6-8-20/h4-15,17H,3,16H2,1-2H3/t17-/m0/s1. The molecule has 5 heteroatoms. The molecule has 0 amide bonds. The minimum absolute atomic E-state index is 0.236. The second-order valence-corrected chi connectivity index (χ2v) is 7.54. The zero-order chi connectivity index (χ0) is 21.8. The fourth-order valence-electron chi connectivity index (χ4n) is 3.40. The van der Waals surface area contributed by atoms with Gasteiger partial charge in [0.2, 0.25) is 0 Å².